The van der Waals surface area contributed by atoms with Crippen molar-refractivity contribution in [3.05, 3.63) is 21.5 Å². The van der Waals surface area contributed by atoms with Crippen molar-refractivity contribution in [1.29, 1.82) is 0 Å². The number of rotatable bonds is 0. The van der Waals surface area contributed by atoms with Crippen LogP contribution >= 0.6 is 31.9 Å². The molecule has 1 N–H and O–H groups in total. The molecular weight excluding hydrogens is 290 g/mol. The molecule has 2 aromatic heterocycles. The molecule has 0 aromatic carbocycles. The Hall–Kier alpha value is -0.550. The van der Waals surface area contributed by atoms with E-state index in [9.17, 15) is 5.11 Å². The van der Waals surface area contributed by atoms with Crippen LogP contribution in [0, 0.1) is 0 Å². The Morgan fingerprint density at radius 1 is 1.42 bits per heavy atom. The van der Waals surface area contributed by atoms with Gasteiger partial charge in [0.1, 0.15) is 6.26 Å². The summed E-state index contributed by atoms with van der Waals surface area (Å²) in [5, 5.41) is 10.2. The standard InChI is InChI=1S/C7H3Br2NO2/c8-4-2-12-6-3(4)1-10-7(9)5(6)11/h1-2,11H. The second-order valence-corrected chi connectivity index (χ2v) is 3.83. The van der Waals surface area contributed by atoms with Crippen LogP contribution in [0.25, 0.3) is 11.0 Å². The highest BCUT2D eigenvalue weighted by molar-refractivity contribution is 9.11. The van der Waals surface area contributed by atoms with Gasteiger partial charge in [0.25, 0.3) is 0 Å². The monoisotopic (exact) mass is 291 g/mol. The van der Waals surface area contributed by atoms with E-state index >= 15 is 0 Å². The Bertz CT molecular complexity index is 438. The van der Waals surface area contributed by atoms with Crippen LogP contribution in [0.2, 0.25) is 0 Å². The largest absolute Gasteiger partial charge is 0.502 e. The molecular formula is C7H3Br2NO2. The second-order valence-electron chi connectivity index (χ2n) is 2.22. The molecule has 3 nitrogen and oxygen atoms in total. The molecule has 62 valence electrons. The van der Waals surface area contributed by atoms with Crippen LogP contribution in [0.4, 0.5) is 0 Å². The number of hydrogen-bond donors (Lipinski definition) is 1. The molecule has 0 radical (unpaired) electrons. The molecule has 0 saturated carbocycles. The smallest absolute Gasteiger partial charge is 0.192 e. The summed E-state index contributed by atoms with van der Waals surface area (Å²) in [5.74, 6) is 0.0261. The maximum atomic E-state index is 9.45. The zero-order chi connectivity index (χ0) is 8.72. The fraction of sp³-hybridized carbons (Fsp3) is 0. The fourth-order valence-corrected chi connectivity index (χ4v) is 1.58. The quantitative estimate of drug-likeness (QED) is 0.759. The summed E-state index contributed by atoms with van der Waals surface area (Å²) in [7, 11) is 0. The van der Waals surface area contributed by atoms with Crippen LogP contribution in [0.5, 0.6) is 5.75 Å². The third-order valence-corrected chi connectivity index (χ3v) is 2.69. The van der Waals surface area contributed by atoms with Crippen molar-refractivity contribution in [3.63, 3.8) is 0 Å². The minimum Gasteiger partial charge on any atom is -0.502 e. The zero-order valence-electron chi connectivity index (χ0n) is 5.71. The zero-order valence-corrected chi connectivity index (χ0v) is 8.89. The normalized spacial score (nSPS) is 10.8. The van der Waals surface area contributed by atoms with Gasteiger partial charge in [0.15, 0.2) is 15.9 Å². The van der Waals surface area contributed by atoms with Crippen molar-refractivity contribution >= 4 is 42.8 Å². The Balaban J connectivity index is 2.93. The summed E-state index contributed by atoms with van der Waals surface area (Å²) < 4.78 is 6.26. The summed E-state index contributed by atoms with van der Waals surface area (Å²) in [6.45, 7) is 0. The van der Waals surface area contributed by atoms with Gasteiger partial charge in [0.05, 0.1) is 9.86 Å². The molecule has 0 aliphatic carbocycles. The van der Waals surface area contributed by atoms with Crippen molar-refractivity contribution in [1.82, 2.24) is 4.98 Å². The molecule has 0 unspecified atom stereocenters. The number of aromatic nitrogens is 1. The first-order valence-corrected chi connectivity index (χ1v) is 4.69. The van der Waals surface area contributed by atoms with Gasteiger partial charge in [-0.2, -0.15) is 0 Å². The van der Waals surface area contributed by atoms with Crippen LogP contribution in [0.3, 0.4) is 0 Å². The van der Waals surface area contributed by atoms with Crippen molar-refractivity contribution < 1.29 is 9.52 Å². The third kappa shape index (κ3) is 1.04. The summed E-state index contributed by atoms with van der Waals surface area (Å²) in [6, 6.07) is 0. The molecule has 0 aliphatic heterocycles. The lowest BCUT2D eigenvalue weighted by molar-refractivity contribution is 0.459. The number of aromatic hydroxyl groups is 1. The van der Waals surface area contributed by atoms with E-state index in [-0.39, 0.29) is 5.75 Å². The van der Waals surface area contributed by atoms with Gasteiger partial charge in [-0.25, -0.2) is 4.98 Å². The number of pyridine rings is 1. The molecule has 0 amide bonds. The van der Waals surface area contributed by atoms with Crippen molar-refractivity contribution in [2.24, 2.45) is 0 Å². The maximum Gasteiger partial charge on any atom is 0.192 e. The highest BCUT2D eigenvalue weighted by Gasteiger charge is 2.11. The Morgan fingerprint density at radius 2 is 2.17 bits per heavy atom. The van der Waals surface area contributed by atoms with Gasteiger partial charge < -0.3 is 9.52 Å². The summed E-state index contributed by atoms with van der Waals surface area (Å²) >= 11 is 6.35. The first-order valence-electron chi connectivity index (χ1n) is 3.10. The summed E-state index contributed by atoms with van der Waals surface area (Å²) in [4.78, 5) is 3.92. The lowest BCUT2D eigenvalue weighted by Gasteiger charge is -1.94. The lowest BCUT2D eigenvalue weighted by atomic mass is 10.3. The first kappa shape index (κ1) is 8.07. The van der Waals surface area contributed by atoms with E-state index in [4.69, 9.17) is 4.42 Å². The van der Waals surface area contributed by atoms with Crippen molar-refractivity contribution in [3.8, 4) is 5.75 Å². The molecule has 0 fully saturated rings. The fourth-order valence-electron chi connectivity index (χ4n) is 0.926. The van der Waals surface area contributed by atoms with Gasteiger partial charge in [-0.1, -0.05) is 0 Å². The van der Waals surface area contributed by atoms with E-state index in [1.54, 1.807) is 6.20 Å². The highest BCUT2D eigenvalue weighted by Crippen LogP contribution is 2.35. The predicted octanol–water partition coefficient (Wildman–Crippen LogP) is 3.06. The number of furan rings is 1. The third-order valence-electron chi connectivity index (χ3n) is 1.50. The van der Waals surface area contributed by atoms with E-state index in [1.807, 2.05) is 0 Å². The topological polar surface area (TPSA) is 46.3 Å². The van der Waals surface area contributed by atoms with Crippen LogP contribution in [-0.2, 0) is 0 Å². The maximum absolute atomic E-state index is 9.45. The number of nitrogens with zero attached hydrogens (tertiary/aromatic N) is 1. The molecule has 0 aliphatic rings. The van der Waals surface area contributed by atoms with Gasteiger partial charge >= 0.3 is 0 Å². The van der Waals surface area contributed by atoms with Gasteiger partial charge in [0, 0.05) is 6.20 Å². The lowest BCUT2D eigenvalue weighted by Crippen LogP contribution is -1.76. The Labute approximate surface area is 84.7 Å². The first-order chi connectivity index (χ1) is 5.70. The van der Waals surface area contributed by atoms with Gasteiger partial charge in [-0.15, -0.1) is 0 Å². The van der Waals surface area contributed by atoms with Crippen LogP contribution in [0.1, 0.15) is 0 Å². The molecule has 12 heavy (non-hydrogen) atoms. The summed E-state index contributed by atoms with van der Waals surface area (Å²) in [5.41, 5.74) is 0.434. The molecule has 2 rings (SSSR count). The van der Waals surface area contributed by atoms with E-state index < -0.39 is 0 Å². The molecule has 2 aromatic rings. The molecule has 0 bridgehead atoms. The average molecular weight is 293 g/mol. The molecule has 0 saturated heterocycles. The minimum absolute atomic E-state index is 0.0261. The van der Waals surface area contributed by atoms with Crippen LogP contribution in [0.15, 0.2) is 26.0 Å². The van der Waals surface area contributed by atoms with Gasteiger partial charge in [-0.3, -0.25) is 0 Å². The number of halogens is 2. The van der Waals surface area contributed by atoms with Crippen molar-refractivity contribution in [2.45, 2.75) is 0 Å². The van der Waals surface area contributed by atoms with Crippen LogP contribution < -0.4 is 0 Å². The molecule has 2 heterocycles. The average Bonchev–Trinajstić information content (AvgIpc) is 2.41. The van der Waals surface area contributed by atoms with Gasteiger partial charge in [0.2, 0.25) is 0 Å². The van der Waals surface area contributed by atoms with Gasteiger partial charge in [-0.05, 0) is 31.9 Å². The minimum atomic E-state index is 0.0261. The van der Waals surface area contributed by atoms with Crippen molar-refractivity contribution in [2.75, 3.05) is 0 Å². The second kappa shape index (κ2) is 2.74. The Kier molecular flexibility index (Phi) is 1.84. The number of fused-ring (bicyclic) bond motifs is 1. The van der Waals surface area contributed by atoms with E-state index in [0.29, 0.717) is 10.2 Å². The van der Waals surface area contributed by atoms with E-state index in [2.05, 4.69) is 36.8 Å². The van der Waals surface area contributed by atoms with E-state index in [0.717, 1.165) is 9.86 Å². The molecule has 0 spiro atoms. The Morgan fingerprint density at radius 3 is 2.92 bits per heavy atom. The van der Waals surface area contributed by atoms with Crippen LogP contribution in [-0.4, -0.2) is 10.1 Å². The predicted molar refractivity (Wildman–Crippen MR) is 51.1 cm³/mol. The SMILES string of the molecule is Oc1c(Br)ncc2c(Br)coc12. The van der Waals surface area contributed by atoms with E-state index in [1.165, 1.54) is 6.26 Å². The molecule has 0 atom stereocenters. The highest BCUT2D eigenvalue weighted by atomic mass is 79.9. The number of hydrogen-bond acceptors (Lipinski definition) is 3. The summed E-state index contributed by atoms with van der Waals surface area (Å²) in [6.07, 6.45) is 3.13. The molecule has 5 heteroatoms.